The minimum Gasteiger partial charge on any atom is -0.482 e. The Bertz CT molecular complexity index is 1520. The SMILES string of the molecule is O=C(COc1ccc(S(=O)(=O)N2CCc3ccccc32)cc1Cl)NCc1cccc2ccccc12. The van der Waals surface area contributed by atoms with Crippen molar-refractivity contribution in [3.8, 4) is 5.75 Å². The number of anilines is 1. The van der Waals surface area contributed by atoms with Gasteiger partial charge in [-0.25, -0.2) is 8.42 Å². The highest BCUT2D eigenvalue weighted by Crippen LogP contribution is 2.35. The van der Waals surface area contributed by atoms with E-state index in [0.717, 1.165) is 21.9 Å². The lowest BCUT2D eigenvalue weighted by molar-refractivity contribution is -0.123. The van der Waals surface area contributed by atoms with Gasteiger partial charge in [0.05, 0.1) is 15.6 Å². The number of nitrogens with zero attached hydrogens (tertiary/aromatic N) is 1. The number of carbonyl (C=O) groups is 1. The number of carbonyl (C=O) groups excluding carboxylic acids is 1. The third-order valence-corrected chi connectivity index (χ3v) is 8.16. The summed E-state index contributed by atoms with van der Waals surface area (Å²) in [6.07, 6.45) is 0.665. The van der Waals surface area contributed by atoms with Crippen LogP contribution in [-0.2, 0) is 27.8 Å². The fourth-order valence-electron chi connectivity index (χ4n) is 4.28. The molecule has 0 saturated carbocycles. The maximum absolute atomic E-state index is 13.2. The van der Waals surface area contributed by atoms with Gasteiger partial charge in [-0.1, -0.05) is 72.3 Å². The van der Waals surface area contributed by atoms with E-state index in [9.17, 15) is 13.2 Å². The molecular formula is C27H23ClN2O4S. The smallest absolute Gasteiger partial charge is 0.264 e. The van der Waals surface area contributed by atoms with Gasteiger partial charge in [0.2, 0.25) is 0 Å². The third kappa shape index (κ3) is 4.70. The van der Waals surface area contributed by atoms with E-state index in [2.05, 4.69) is 5.32 Å². The van der Waals surface area contributed by atoms with Crippen molar-refractivity contribution >= 4 is 44.0 Å². The van der Waals surface area contributed by atoms with Crippen molar-refractivity contribution in [3.63, 3.8) is 0 Å². The monoisotopic (exact) mass is 506 g/mol. The van der Waals surface area contributed by atoms with Crippen molar-refractivity contribution in [2.75, 3.05) is 17.5 Å². The molecule has 0 aliphatic carbocycles. The summed E-state index contributed by atoms with van der Waals surface area (Å²) in [6.45, 7) is 0.510. The molecule has 178 valence electrons. The molecule has 0 bridgehead atoms. The average Bonchev–Trinajstić information content (AvgIpc) is 3.32. The summed E-state index contributed by atoms with van der Waals surface area (Å²) in [5.41, 5.74) is 2.69. The lowest BCUT2D eigenvalue weighted by Crippen LogP contribution is -2.29. The van der Waals surface area contributed by atoms with Crippen LogP contribution in [0.4, 0.5) is 5.69 Å². The van der Waals surface area contributed by atoms with Gasteiger partial charge in [0.25, 0.3) is 15.9 Å². The summed E-state index contributed by atoms with van der Waals surface area (Å²) in [6, 6.07) is 25.7. The number of nitrogens with one attached hydrogen (secondary N) is 1. The first kappa shape index (κ1) is 23.2. The molecule has 35 heavy (non-hydrogen) atoms. The van der Waals surface area contributed by atoms with Crippen LogP contribution in [0, 0.1) is 0 Å². The molecule has 1 heterocycles. The van der Waals surface area contributed by atoms with Crippen molar-refractivity contribution in [1.82, 2.24) is 5.32 Å². The second-order valence-corrected chi connectivity index (χ2v) is 10.5. The molecule has 0 fully saturated rings. The van der Waals surface area contributed by atoms with Crippen molar-refractivity contribution in [2.24, 2.45) is 0 Å². The van der Waals surface area contributed by atoms with Crippen LogP contribution in [0.1, 0.15) is 11.1 Å². The maximum Gasteiger partial charge on any atom is 0.264 e. The first-order chi connectivity index (χ1) is 16.9. The molecule has 1 N–H and O–H groups in total. The standard InChI is InChI=1S/C27H23ClN2O4S/c28-24-16-22(35(32,33)30-15-14-20-7-2-4-11-25(20)30)12-13-26(24)34-18-27(31)29-17-21-9-5-8-19-6-1-3-10-23(19)21/h1-13,16H,14-15,17-18H2,(H,29,31). The molecule has 8 heteroatoms. The molecule has 0 atom stereocenters. The molecule has 0 radical (unpaired) electrons. The van der Waals surface area contributed by atoms with E-state index in [1.807, 2.05) is 60.7 Å². The Morgan fingerprint density at radius 2 is 1.74 bits per heavy atom. The number of hydrogen-bond acceptors (Lipinski definition) is 4. The quantitative estimate of drug-likeness (QED) is 0.385. The molecule has 1 amide bonds. The van der Waals surface area contributed by atoms with Crippen LogP contribution < -0.4 is 14.4 Å². The molecule has 4 aromatic rings. The highest BCUT2D eigenvalue weighted by Gasteiger charge is 2.31. The highest BCUT2D eigenvalue weighted by molar-refractivity contribution is 7.92. The zero-order valence-electron chi connectivity index (χ0n) is 18.8. The summed E-state index contributed by atoms with van der Waals surface area (Å²) in [4.78, 5) is 12.4. The first-order valence-corrected chi connectivity index (χ1v) is 13.0. The number of halogens is 1. The van der Waals surface area contributed by atoms with E-state index in [0.29, 0.717) is 25.2 Å². The van der Waals surface area contributed by atoms with Gasteiger partial charge in [-0.2, -0.15) is 0 Å². The van der Waals surface area contributed by atoms with E-state index in [4.69, 9.17) is 16.3 Å². The van der Waals surface area contributed by atoms with Crippen molar-refractivity contribution in [3.05, 3.63) is 101 Å². The maximum atomic E-state index is 13.2. The zero-order valence-corrected chi connectivity index (χ0v) is 20.4. The summed E-state index contributed by atoms with van der Waals surface area (Å²) >= 11 is 6.32. The minimum absolute atomic E-state index is 0.0759. The van der Waals surface area contributed by atoms with Crippen molar-refractivity contribution in [2.45, 2.75) is 17.9 Å². The van der Waals surface area contributed by atoms with Crippen molar-refractivity contribution < 1.29 is 17.9 Å². The molecule has 0 spiro atoms. The van der Waals surface area contributed by atoms with Gasteiger partial charge in [-0.15, -0.1) is 0 Å². The highest BCUT2D eigenvalue weighted by atomic mass is 35.5. The van der Waals surface area contributed by atoms with E-state index >= 15 is 0 Å². The molecule has 1 aliphatic rings. The largest absolute Gasteiger partial charge is 0.482 e. The third-order valence-electron chi connectivity index (χ3n) is 6.05. The van der Waals surface area contributed by atoms with Crippen molar-refractivity contribution in [1.29, 1.82) is 0 Å². The van der Waals surface area contributed by atoms with Crippen LogP contribution in [0.2, 0.25) is 5.02 Å². The molecule has 0 saturated heterocycles. The Morgan fingerprint density at radius 3 is 2.60 bits per heavy atom. The van der Waals surface area contributed by atoms with Gasteiger partial charge < -0.3 is 10.1 Å². The van der Waals surface area contributed by atoms with Crippen LogP contribution in [-0.4, -0.2) is 27.5 Å². The number of rotatable bonds is 7. The number of amides is 1. The fraction of sp³-hybridized carbons (Fsp3) is 0.148. The molecule has 6 nitrogen and oxygen atoms in total. The van der Waals surface area contributed by atoms with Crippen LogP contribution in [0.15, 0.2) is 89.8 Å². The van der Waals surface area contributed by atoms with E-state index in [-0.39, 0.29) is 28.2 Å². The number of fused-ring (bicyclic) bond motifs is 2. The Morgan fingerprint density at radius 1 is 0.971 bits per heavy atom. The number of benzene rings is 4. The van der Waals surface area contributed by atoms with Crippen LogP contribution in [0.5, 0.6) is 5.75 Å². The lowest BCUT2D eigenvalue weighted by atomic mass is 10.0. The molecule has 0 aromatic heterocycles. The molecule has 4 aromatic carbocycles. The summed E-state index contributed by atoms with van der Waals surface area (Å²) in [5, 5.41) is 5.17. The number of sulfonamides is 1. The molecule has 5 rings (SSSR count). The van der Waals surface area contributed by atoms with E-state index < -0.39 is 10.0 Å². The van der Waals surface area contributed by atoms with Crippen LogP contribution >= 0.6 is 11.6 Å². The number of para-hydroxylation sites is 1. The van der Waals surface area contributed by atoms with Gasteiger partial charge in [0, 0.05) is 13.1 Å². The second kappa shape index (κ2) is 9.60. The zero-order chi connectivity index (χ0) is 24.4. The molecule has 0 unspecified atom stereocenters. The Kier molecular flexibility index (Phi) is 6.36. The predicted octanol–water partition coefficient (Wildman–Crippen LogP) is 4.94. The normalized spacial score (nSPS) is 13.0. The van der Waals surface area contributed by atoms with Crippen LogP contribution in [0.3, 0.4) is 0 Å². The minimum atomic E-state index is -3.77. The van der Waals surface area contributed by atoms with Crippen LogP contribution in [0.25, 0.3) is 10.8 Å². The Labute approximate surface area is 209 Å². The lowest BCUT2D eigenvalue weighted by Gasteiger charge is -2.20. The Hall–Kier alpha value is -3.55. The van der Waals surface area contributed by atoms with Gasteiger partial charge in [0.1, 0.15) is 5.75 Å². The topological polar surface area (TPSA) is 75.7 Å². The first-order valence-electron chi connectivity index (χ1n) is 11.2. The average molecular weight is 507 g/mol. The Balaban J connectivity index is 1.23. The van der Waals surface area contributed by atoms with Gasteiger partial charge in [0.15, 0.2) is 6.61 Å². The van der Waals surface area contributed by atoms with Gasteiger partial charge in [-0.05, 0) is 52.6 Å². The fourth-order valence-corrected chi connectivity index (χ4v) is 6.11. The van der Waals surface area contributed by atoms with E-state index in [1.54, 1.807) is 6.07 Å². The van der Waals surface area contributed by atoms with Gasteiger partial charge in [-0.3, -0.25) is 9.10 Å². The molecule has 1 aliphatic heterocycles. The number of ether oxygens (including phenoxy) is 1. The summed E-state index contributed by atoms with van der Waals surface area (Å²) in [5.74, 6) is -0.0628. The van der Waals surface area contributed by atoms with Gasteiger partial charge >= 0.3 is 0 Å². The predicted molar refractivity (Wildman–Crippen MR) is 137 cm³/mol. The summed E-state index contributed by atoms with van der Waals surface area (Å²) < 4.78 is 33.4. The number of hydrogen-bond donors (Lipinski definition) is 1. The summed E-state index contributed by atoms with van der Waals surface area (Å²) in [7, 11) is -3.77. The van der Waals surface area contributed by atoms with E-state index in [1.165, 1.54) is 22.5 Å². The second-order valence-electron chi connectivity index (χ2n) is 8.25. The molecular weight excluding hydrogens is 484 g/mol.